The van der Waals surface area contributed by atoms with Gasteiger partial charge in [0.25, 0.3) is 0 Å². The van der Waals surface area contributed by atoms with Gasteiger partial charge in [-0.25, -0.2) is 4.79 Å². The number of aliphatic hydroxyl groups is 3. The number of carbonyl (C=O) groups excluding carboxylic acids is 1. The van der Waals surface area contributed by atoms with Crippen molar-refractivity contribution < 1.29 is 39.5 Å². The summed E-state index contributed by atoms with van der Waals surface area (Å²) < 4.78 is 10.2. The third kappa shape index (κ3) is 4.35. The van der Waals surface area contributed by atoms with Crippen LogP contribution in [0.4, 0.5) is 0 Å². The van der Waals surface area contributed by atoms with Crippen LogP contribution in [-0.4, -0.2) is 75.7 Å². The van der Waals surface area contributed by atoms with Gasteiger partial charge in [0, 0.05) is 6.42 Å². The first kappa shape index (κ1) is 17.8. The molecule has 1 heterocycles. The van der Waals surface area contributed by atoms with E-state index in [1.165, 1.54) is 6.92 Å². The predicted molar refractivity (Wildman–Crippen MR) is 68.2 cm³/mol. The van der Waals surface area contributed by atoms with E-state index in [-0.39, 0.29) is 6.42 Å². The lowest BCUT2D eigenvalue weighted by molar-refractivity contribution is -0.267. The Morgan fingerprint density at radius 1 is 1.38 bits per heavy atom. The summed E-state index contributed by atoms with van der Waals surface area (Å²) in [5.41, 5.74) is 0. The summed E-state index contributed by atoms with van der Waals surface area (Å²) in [7, 11) is 0. The monoisotopic (exact) mass is 307 g/mol. The average Bonchev–Trinajstić information content (AvgIpc) is 2.45. The Balaban J connectivity index is 2.93. The summed E-state index contributed by atoms with van der Waals surface area (Å²) in [6, 6.07) is -1.14. The Labute approximate surface area is 121 Å². The minimum atomic E-state index is -1.54. The van der Waals surface area contributed by atoms with Crippen LogP contribution in [0.3, 0.4) is 0 Å². The number of amides is 1. The topological polar surface area (TPSA) is 146 Å². The first-order chi connectivity index (χ1) is 9.81. The van der Waals surface area contributed by atoms with Crippen molar-refractivity contribution in [3.8, 4) is 0 Å². The van der Waals surface area contributed by atoms with Crippen LogP contribution in [0.15, 0.2) is 0 Å². The first-order valence-electron chi connectivity index (χ1n) is 6.61. The summed E-state index contributed by atoms with van der Waals surface area (Å²) in [5, 5.41) is 40.3. The summed E-state index contributed by atoms with van der Waals surface area (Å²) in [6.07, 6.45) is -6.44. The van der Waals surface area contributed by atoms with Crippen LogP contribution < -0.4 is 5.32 Å². The molecule has 9 heteroatoms. The van der Waals surface area contributed by atoms with Gasteiger partial charge in [-0.3, -0.25) is 4.79 Å². The Bertz CT molecular complexity index is 376. The maximum atomic E-state index is 11.5. The Morgan fingerprint density at radius 3 is 2.48 bits per heavy atom. The van der Waals surface area contributed by atoms with Crippen molar-refractivity contribution in [2.45, 2.75) is 57.0 Å². The molecule has 5 N–H and O–H groups in total. The van der Waals surface area contributed by atoms with Crippen molar-refractivity contribution in [1.29, 1.82) is 0 Å². The minimum absolute atomic E-state index is 0.129. The zero-order valence-corrected chi connectivity index (χ0v) is 11.8. The molecule has 1 aliphatic heterocycles. The fourth-order valence-corrected chi connectivity index (χ4v) is 1.98. The van der Waals surface area contributed by atoms with Crippen LogP contribution in [0.25, 0.3) is 0 Å². The van der Waals surface area contributed by atoms with E-state index in [4.69, 9.17) is 19.7 Å². The molecule has 0 aromatic carbocycles. The summed E-state index contributed by atoms with van der Waals surface area (Å²) in [6.45, 7) is 2.26. The smallest absolute Gasteiger partial charge is 0.332 e. The molecular formula is C12H21NO8. The Morgan fingerprint density at radius 2 is 2.00 bits per heavy atom. The predicted octanol–water partition coefficient (Wildman–Crippen LogP) is -2.19. The maximum absolute atomic E-state index is 11.5. The number of carboxylic acid groups (broad SMARTS) is 1. The second kappa shape index (κ2) is 7.66. The van der Waals surface area contributed by atoms with Gasteiger partial charge in [0.1, 0.15) is 24.4 Å². The van der Waals surface area contributed by atoms with Gasteiger partial charge in [-0.15, -0.1) is 0 Å². The van der Waals surface area contributed by atoms with Crippen molar-refractivity contribution in [1.82, 2.24) is 5.32 Å². The molecule has 1 amide bonds. The number of rotatable bonds is 6. The van der Waals surface area contributed by atoms with Crippen LogP contribution in [0.1, 0.15) is 20.3 Å². The van der Waals surface area contributed by atoms with Crippen molar-refractivity contribution in [2.24, 2.45) is 0 Å². The minimum Gasteiger partial charge on any atom is -0.479 e. The van der Waals surface area contributed by atoms with Gasteiger partial charge in [0.2, 0.25) is 5.91 Å². The first-order valence-corrected chi connectivity index (χ1v) is 6.61. The lowest BCUT2D eigenvalue weighted by Gasteiger charge is -2.43. The van der Waals surface area contributed by atoms with E-state index in [0.29, 0.717) is 0 Å². The van der Waals surface area contributed by atoms with Gasteiger partial charge in [-0.05, 0) is 6.92 Å². The quantitative estimate of drug-likeness (QED) is 0.372. The number of aliphatic carboxylic acids is 1. The van der Waals surface area contributed by atoms with E-state index in [1.54, 1.807) is 6.92 Å². The molecule has 21 heavy (non-hydrogen) atoms. The summed E-state index contributed by atoms with van der Waals surface area (Å²) in [4.78, 5) is 22.3. The Kier molecular flexibility index (Phi) is 6.49. The van der Waals surface area contributed by atoms with Gasteiger partial charge in [-0.1, -0.05) is 6.92 Å². The molecule has 0 bridgehead atoms. The number of hydrogen-bond donors (Lipinski definition) is 5. The molecule has 0 spiro atoms. The third-order valence-corrected chi connectivity index (χ3v) is 3.23. The molecule has 0 saturated carbocycles. The largest absolute Gasteiger partial charge is 0.479 e. The van der Waals surface area contributed by atoms with Gasteiger partial charge >= 0.3 is 5.97 Å². The van der Waals surface area contributed by atoms with Crippen LogP contribution in [0.2, 0.25) is 0 Å². The van der Waals surface area contributed by atoms with Crippen molar-refractivity contribution in [2.75, 3.05) is 6.61 Å². The average molecular weight is 307 g/mol. The number of hydrogen-bond acceptors (Lipinski definition) is 7. The molecule has 1 unspecified atom stereocenters. The van der Waals surface area contributed by atoms with E-state index in [1.807, 2.05) is 0 Å². The lowest BCUT2D eigenvalue weighted by Crippen LogP contribution is -2.65. The highest BCUT2D eigenvalue weighted by Gasteiger charge is 2.46. The zero-order valence-electron chi connectivity index (χ0n) is 11.8. The van der Waals surface area contributed by atoms with Crippen LogP contribution in [-0.2, 0) is 19.1 Å². The van der Waals surface area contributed by atoms with Gasteiger partial charge < -0.3 is 35.2 Å². The third-order valence-electron chi connectivity index (χ3n) is 3.23. The highest BCUT2D eigenvalue weighted by molar-refractivity contribution is 5.76. The molecule has 0 aromatic heterocycles. The van der Waals surface area contributed by atoms with E-state index in [2.05, 4.69) is 5.32 Å². The molecule has 9 nitrogen and oxygen atoms in total. The standard InChI is InChI=1S/C12H21NO8/c1-3-7(15)13-8-10(20-5(2)11(17)18)9(16)6(4-14)21-12(8)19/h5-6,8-10,12,14,16,19H,3-4H2,1-2H3,(H,13,15)(H,17,18)/t5?,6-,8-,9-,10-,12+/m1/s1. The van der Waals surface area contributed by atoms with Gasteiger partial charge in [0.15, 0.2) is 12.4 Å². The molecule has 1 saturated heterocycles. The number of carbonyl (C=O) groups is 2. The van der Waals surface area contributed by atoms with E-state index in [0.717, 1.165) is 0 Å². The molecule has 122 valence electrons. The van der Waals surface area contributed by atoms with Crippen LogP contribution in [0, 0.1) is 0 Å². The molecule has 0 radical (unpaired) electrons. The molecular weight excluding hydrogens is 286 g/mol. The molecule has 0 aliphatic carbocycles. The molecule has 1 fully saturated rings. The maximum Gasteiger partial charge on any atom is 0.332 e. The highest BCUT2D eigenvalue weighted by Crippen LogP contribution is 2.23. The molecule has 0 aromatic rings. The fourth-order valence-electron chi connectivity index (χ4n) is 1.98. The number of ether oxygens (including phenoxy) is 2. The van der Waals surface area contributed by atoms with Crippen molar-refractivity contribution in [3.63, 3.8) is 0 Å². The summed E-state index contributed by atoms with van der Waals surface area (Å²) in [5.74, 6) is -1.68. The molecule has 1 aliphatic rings. The number of nitrogens with one attached hydrogen (secondary N) is 1. The van der Waals surface area contributed by atoms with E-state index >= 15 is 0 Å². The zero-order chi connectivity index (χ0) is 16.2. The van der Waals surface area contributed by atoms with Crippen molar-refractivity contribution in [3.05, 3.63) is 0 Å². The van der Waals surface area contributed by atoms with Crippen molar-refractivity contribution >= 4 is 11.9 Å². The van der Waals surface area contributed by atoms with Gasteiger partial charge in [-0.2, -0.15) is 0 Å². The van der Waals surface area contributed by atoms with E-state index in [9.17, 15) is 19.8 Å². The highest BCUT2D eigenvalue weighted by atomic mass is 16.6. The van der Waals surface area contributed by atoms with E-state index < -0.39 is 55.2 Å². The fraction of sp³-hybridized carbons (Fsp3) is 0.833. The second-order valence-electron chi connectivity index (χ2n) is 4.77. The van der Waals surface area contributed by atoms with Crippen LogP contribution in [0.5, 0.6) is 0 Å². The second-order valence-corrected chi connectivity index (χ2v) is 4.77. The normalized spacial score (nSPS) is 34.2. The summed E-state index contributed by atoms with van der Waals surface area (Å²) >= 11 is 0. The Hall–Kier alpha value is -1.26. The van der Waals surface area contributed by atoms with Crippen LogP contribution >= 0.6 is 0 Å². The number of carboxylic acids is 1. The molecule has 1 rings (SSSR count). The SMILES string of the molecule is CCC(=O)N[C@@H]1[C@@H](OC(C)C(=O)O)[C@H](O)[C@@H](CO)O[C@@H]1O. The van der Waals surface area contributed by atoms with Gasteiger partial charge in [0.05, 0.1) is 6.61 Å². The lowest BCUT2D eigenvalue weighted by atomic mass is 9.96. The molecule has 6 atom stereocenters. The number of aliphatic hydroxyl groups excluding tert-OH is 3.